The number of carbonyl (C=O) groups is 2. The summed E-state index contributed by atoms with van der Waals surface area (Å²) in [4.78, 5) is 22.2. The molecule has 4 rings (SSSR count). The molecule has 0 aliphatic rings. The summed E-state index contributed by atoms with van der Waals surface area (Å²) >= 11 is 0. The highest BCUT2D eigenvalue weighted by Gasteiger charge is 2.06. The van der Waals surface area contributed by atoms with Crippen molar-refractivity contribution in [2.24, 2.45) is 5.73 Å². The van der Waals surface area contributed by atoms with Gasteiger partial charge in [0.05, 0.1) is 12.7 Å². The number of benzene rings is 2. The molecule has 0 spiro atoms. The molecule has 1 amide bonds. The maximum Gasteiger partial charge on any atom is 0.337 e. The van der Waals surface area contributed by atoms with Gasteiger partial charge in [0.1, 0.15) is 11.5 Å². The Bertz CT molecular complexity index is 1160. The number of primary amides is 1. The summed E-state index contributed by atoms with van der Waals surface area (Å²) in [6, 6.07) is 17.2. The van der Waals surface area contributed by atoms with Crippen molar-refractivity contribution in [1.82, 2.24) is 25.7 Å². The average Bonchev–Trinajstić information content (AvgIpc) is 3.56. The SMILES string of the molecule is COC(=O)c1cccc(OCn2cccn2)c1.N.NC(=O)c1cccc(OCn2cccn2)c1. The highest BCUT2D eigenvalue weighted by atomic mass is 16.5. The quantitative estimate of drug-likeness (QED) is 0.375. The molecule has 0 fully saturated rings. The predicted octanol–water partition coefficient (Wildman–Crippen LogP) is 2.89. The fourth-order valence-electron chi connectivity index (χ4n) is 2.60. The van der Waals surface area contributed by atoms with Crippen LogP contribution in [0.4, 0.5) is 0 Å². The zero-order chi connectivity index (χ0) is 23.5. The van der Waals surface area contributed by atoms with Gasteiger partial charge in [-0.05, 0) is 48.5 Å². The van der Waals surface area contributed by atoms with E-state index in [-0.39, 0.29) is 12.1 Å². The van der Waals surface area contributed by atoms with Crippen LogP contribution in [0.2, 0.25) is 0 Å². The van der Waals surface area contributed by atoms with Crippen LogP contribution < -0.4 is 21.4 Å². The minimum atomic E-state index is -0.468. The van der Waals surface area contributed by atoms with E-state index in [2.05, 4.69) is 14.9 Å². The lowest BCUT2D eigenvalue weighted by Gasteiger charge is -2.07. The number of nitrogens with zero attached hydrogens (tertiary/aromatic N) is 4. The van der Waals surface area contributed by atoms with Crippen LogP contribution in [0.25, 0.3) is 0 Å². The van der Waals surface area contributed by atoms with Crippen molar-refractivity contribution in [3.8, 4) is 11.5 Å². The molecule has 2 aromatic carbocycles. The summed E-state index contributed by atoms with van der Waals surface area (Å²) in [7, 11) is 1.35. The Labute approximate surface area is 196 Å². The van der Waals surface area contributed by atoms with E-state index in [0.717, 1.165) is 0 Å². The normalized spacial score (nSPS) is 9.68. The molecule has 0 bridgehead atoms. The van der Waals surface area contributed by atoms with Crippen LogP contribution in [-0.2, 0) is 18.2 Å². The van der Waals surface area contributed by atoms with Gasteiger partial charge in [-0.25, -0.2) is 14.2 Å². The Balaban J connectivity index is 0.000000234. The Morgan fingerprint density at radius 1 is 0.824 bits per heavy atom. The Hall–Kier alpha value is -4.64. The van der Waals surface area contributed by atoms with Gasteiger partial charge in [-0.1, -0.05) is 12.1 Å². The van der Waals surface area contributed by atoms with E-state index in [1.165, 1.54) is 7.11 Å². The number of hydrogen-bond donors (Lipinski definition) is 2. The van der Waals surface area contributed by atoms with Crippen molar-refractivity contribution in [1.29, 1.82) is 0 Å². The summed E-state index contributed by atoms with van der Waals surface area (Å²) in [6.07, 6.45) is 6.93. The number of rotatable bonds is 8. The van der Waals surface area contributed by atoms with Crippen LogP contribution >= 0.6 is 0 Å². The first-order valence-corrected chi connectivity index (χ1v) is 9.84. The van der Waals surface area contributed by atoms with E-state index in [4.69, 9.17) is 15.2 Å². The van der Waals surface area contributed by atoms with Gasteiger partial charge >= 0.3 is 5.97 Å². The zero-order valence-corrected chi connectivity index (χ0v) is 18.6. The minimum Gasteiger partial charge on any atom is -0.471 e. The molecule has 178 valence electrons. The van der Waals surface area contributed by atoms with Crippen LogP contribution in [-0.4, -0.2) is 38.5 Å². The summed E-state index contributed by atoms with van der Waals surface area (Å²) in [5.74, 6) is 0.342. The van der Waals surface area contributed by atoms with Crippen LogP contribution in [0.3, 0.4) is 0 Å². The molecular formula is C23H26N6O5. The molecule has 0 saturated heterocycles. The molecule has 2 aromatic heterocycles. The van der Waals surface area contributed by atoms with Gasteiger partial charge < -0.3 is 26.1 Å². The summed E-state index contributed by atoms with van der Waals surface area (Å²) in [5, 5.41) is 7.99. The third-order valence-electron chi connectivity index (χ3n) is 4.22. The lowest BCUT2D eigenvalue weighted by atomic mass is 10.2. The average molecular weight is 466 g/mol. The van der Waals surface area contributed by atoms with Crippen molar-refractivity contribution in [2.75, 3.05) is 7.11 Å². The topological polar surface area (TPSA) is 158 Å². The number of hydrogen-bond acceptors (Lipinski definition) is 8. The molecule has 5 N–H and O–H groups in total. The Kier molecular flexibility index (Phi) is 9.82. The molecule has 0 radical (unpaired) electrons. The molecule has 11 nitrogen and oxygen atoms in total. The minimum absolute atomic E-state index is 0. The summed E-state index contributed by atoms with van der Waals surface area (Å²) in [6.45, 7) is 0.604. The van der Waals surface area contributed by atoms with Gasteiger partial charge in [0, 0.05) is 30.4 Å². The van der Waals surface area contributed by atoms with Crippen molar-refractivity contribution < 1.29 is 23.8 Å². The number of esters is 1. The van der Waals surface area contributed by atoms with E-state index in [1.807, 2.05) is 12.1 Å². The monoisotopic (exact) mass is 466 g/mol. The molecule has 0 saturated carbocycles. The van der Waals surface area contributed by atoms with Crippen LogP contribution in [0.1, 0.15) is 20.7 Å². The first-order valence-electron chi connectivity index (χ1n) is 9.84. The first-order chi connectivity index (χ1) is 16.0. The highest BCUT2D eigenvalue weighted by Crippen LogP contribution is 2.15. The fourth-order valence-corrected chi connectivity index (χ4v) is 2.60. The number of ether oxygens (including phenoxy) is 3. The van der Waals surface area contributed by atoms with E-state index in [9.17, 15) is 9.59 Å². The second-order valence-electron chi connectivity index (χ2n) is 6.55. The Morgan fingerprint density at radius 3 is 1.76 bits per heavy atom. The Morgan fingerprint density at radius 2 is 1.32 bits per heavy atom. The number of nitrogens with two attached hydrogens (primary N) is 1. The highest BCUT2D eigenvalue weighted by molar-refractivity contribution is 5.93. The number of methoxy groups -OCH3 is 1. The van der Waals surface area contributed by atoms with E-state index < -0.39 is 5.91 Å². The second kappa shape index (κ2) is 13.0. The maximum absolute atomic E-state index is 11.3. The molecule has 11 heteroatoms. The zero-order valence-electron chi connectivity index (χ0n) is 18.6. The second-order valence-corrected chi connectivity index (χ2v) is 6.55. The molecule has 0 unspecified atom stereocenters. The first kappa shape index (κ1) is 25.6. The van der Waals surface area contributed by atoms with Gasteiger partial charge in [0.25, 0.3) is 0 Å². The third kappa shape index (κ3) is 7.80. The van der Waals surface area contributed by atoms with Crippen LogP contribution in [0.5, 0.6) is 11.5 Å². The van der Waals surface area contributed by atoms with Gasteiger partial charge in [-0.2, -0.15) is 10.2 Å². The van der Waals surface area contributed by atoms with Gasteiger partial charge in [-0.15, -0.1) is 0 Å². The lowest BCUT2D eigenvalue weighted by molar-refractivity contribution is 0.0600. The van der Waals surface area contributed by atoms with Gasteiger partial charge in [-0.3, -0.25) is 4.79 Å². The van der Waals surface area contributed by atoms with Crippen molar-refractivity contribution >= 4 is 11.9 Å². The molecule has 2 heterocycles. The fraction of sp³-hybridized carbons (Fsp3) is 0.130. The largest absolute Gasteiger partial charge is 0.471 e. The number of aromatic nitrogens is 4. The van der Waals surface area contributed by atoms with Crippen molar-refractivity contribution in [2.45, 2.75) is 13.5 Å². The van der Waals surface area contributed by atoms with E-state index in [0.29, 0.717) is 36.1 Å². The number of amides is 1. The molecule has 34 heavy (non-hydrogen) atoms. The molecule has 4 aromatic rings. The van der Waals surface area contributed by atoms with Crippen LogP contribution in [0.15, 0.2) is 85.5 Å². The molecule has 0 atom stereocenters. The molecular weight excluding hydrogens is 440 g/mol. The van der Waals surface area contributed by atoms with Crippen molar-refractivity contribution in [3.05, 3.63) is 96.6 Å². The standard InChI is InChI=1S/C12H12N2O3.C11H11N3O2.H3N/c1-16-12(15)10-4-2-5-11(8-10)17-9-14-7-3-6-13-14;12-11(15)9-3-1-4-10(7-9)16-8-14-6-2-5-13-14;/h2-8H,9H2,1H3;1-7H,8H2,(H2,12,15);1H3. The van der Waals surface area contributed by atoms with Crippen molar-refractivity contribution in [3.63, 3.8) is 0 Å². The van der Waals surface area contributed by atoms with Gasteiger partial charge in [0.15, 0.2) is 13.5 Å². The van der Waals surface area contributed by atoms with Crippen LogP contribution in [0, 0.1) is 0 Å². The lowest BCUT2D eigenvalue weighted by Crippen LogP contribution is -2.11. The van der Waals surface area contributed by atoms with Gasteiger partial charge in [0.2, 0.25) is 5.91 Å². The number of carbonyl (C=O) groups excluding carboxylic acids is 2. The molecule has 0 aliphatic carbocycles. The third-order valence-corrected chi connectivity index (χ3v) is 4.22. The summed E-state index contributed by atoms with van der Waals surface area (Å²) in [5.41, 5.74) is 6.05. The predicted molar refractivity (Wildman–Crippen MR) is 123 cm³/mol. The van der Waals surface area contributed by atoms with E-state index in [1.54, 1.807) is 82.7 Å². The smallest absolute Gasteiger partial charge is 0.337 e. The van der Waals surface area contributed by atoms with E-state index >= 15 is 0 Å². The summed E-state index contributed by atoms with van der Waals surface area (Å²) < 4.78 is 18.8. The maximum atomic E-state index is 11.3. The molecule has 0 aliphatic heterocycles.